The molecule has 1 aliphatic rings. The zero-order valence-electron chi connectivity index (χ0n) is 16.9. The van der Waals surface area contributed by atoms with E-state index < -0.39 is 36.7 Å². The topological polar surface area (TPSA) is 118 Å². The predicted molar refractivity (Wildman–Crippen MR) is 98.9 cm³/mol. The molecule has 1 aliphatic heterocycles. The van der Waals surface area contributed by atoms with Crippen LogP contribution in [-0.4, -0.2) is 77.4 Å². The van der Waals surface area contributed by atoms with Gasteiger partial charge in [-0.25, -0.2) is 0 Å². The van der Waals surface area contributed by atoms with Gasteiger partial charge in [0, 0.05) is 7.11 Å². The van der Waals surface area contributed by atoms with E-state index in [9.17, 15) is 20.4 Å². The Morgan fingerprint density at radius 3 is 1.85 bits per heavy atom. The van der Waals surface area contributed by atoms with E-state index in [1.807, 2.05) is 0 Å². The molecule has 0 radical (unpaired) electrons. The summed E-state index contributed by atoms with van der Waals surface area (Å²) in [6, 6.07) is 0. The zero-order chi connectivity index (χ0) is 20.3. The Morgan fingerprint density at radius 2 is 1.37 bits per heavy atom. The maximum Gasteiger partial charge on any atom is 0.315 e. The van der Waals surface area contributed by atoms with Crippen molar-refractivity contribution in [2.75, 3.05) is 26.9 Å². The Hall–Kier alpha value is -0.320. The van der Waals surface area contributed by atoms with E-state index in [1.165, 1.54) is 7.11 Å². The molecule has 0 amide bonds. The third-order valence-corrected chi connectivity index (χ3v) is 4.93. The van der Waals surface area contributed by atoms with Gasteiger partial charge in [-0.05, 0) is 12.8 Å². The average Bonchev–Trinajstić information content (AvgIpc) is 2.69. The molecule has 8 heteroatoms. The van der Waals surface area contributed by atoms with Crippen molar-refractivity contribution in [1.29, 1.82) is 0 Å². The van der Waals surface area contributed by atoms with E-state index in [0.29, 0.717) is 6.42 Å². The SMILES string of the molecule is CCCCCCOC1(CO)O[C@@](OC)(OCCCCCC)[C@@H](O)[C@H](O)[C@H]1O. The van der Waals surface area contributed by atoms with Crippen LogP contribution in [0.5, 0.6) is 0 Å². The molecule has 1 unspecified atom stereocenters. The molecule has 0 aromatic rings. The molecule has 1 heterocycles. The molecule has 8 nitrogen and oxygen atoms in total. The summed E-state index contributed by atoms with van der Waals surface area (Å²) in [6.45, 7) is 3.90. The molecular weight excluding hydrogens is 356 g/mol. The smallest absolute Gasteiger partial charge is 0.315 e. The summed E-state index contributed by atoms with van der Waals surface area (Å²) in [5.41, 5.74) is 0. The number of ether oxygens (including phenoxy) is 4. The molecule has 1 rings (SSSR count). The number of hydrogen-bond acceptors (Lipinski definition) is 8. The van der Waals surface area contributed by atoms with Gasteiger partial charge < -0.3 is 34.6 Å². The highest BCUT2D eigenvalue weighted by Gasteiger charge is 2.63. The molecule has 1 saturated heterocycles. The number of hydrogen-bond donors (Lipinski definition) is 4. The lowest BCUT2D eigenvalue weighted by Crippen LogP contribution is -2.73. The van der Waals surface area contributed by atoms with Gasteiger partial charge in [-0.1, -0.05) is 52.4 Å². The van der Waals surface area contributed by atoms with Gasteiger partial charge in [0.1, 0.15) is 18.8 Å². The molecule has 0 spiro atoms. The molecule has 0 aromatic carbocycles. The van der Waals surface area contributed by atoms with E-state index in [-0.39, 0.29) is 13.2 Å². The first kappa shape index (κ1) is 24.7. The van der Waals surface area contributed by atoms with Crippen LogP contribution < -0.4 is 0 Å². The van der Waals surface area contributed by atoms with Crippen molar-refractivity contribution in [3.63, 3.8) is 0 Å². The lowest BCUT2D eigenvalue weighted by molar-refractivity contribution is -0.513. The molecule has 0 saturated carbocycles. The first-order chi connectivity index (χ1) is 12.9. The van der Waals surface area contributed by atoms with Crippen LogP contribution >= 0.6 is 0 Å². The van der Waals surface area contributed by atoms with Crippen molar-refractivity contribution < 1.29 is 39.4 Å². The van der Waals surface area contributed by atoms with Gasteiger partial charge >= 0.3 is 5.97 Å². The third-order valence-electron chi connectivity index (χ3n) is 4.93. The van der Waals surface area contributed by atoms with Gasteiger partial charge in [-0.2, -0.15) is 0 Å². The highest BCUT2D eigenvalue weighted by molar-refractivity contribution is 4.98. The second-order valence-electron chi connectivity index (χ2n) is 7.08. The first-order valence-electron chi connectivity index (χ1n) is 10.1. The molecule has 4 N–H and O–H groups in total. The van der Waals surface area contributed by atoms with Crippen LogP contribution in [0.15, 0.2) is 0 Å². The van der Waals surface area contributed by atoms with Crippen LogP contribution in [0.2, 0.25) is 0 Å². The summed E-state index contributed by atoms with van der Waals surface area (Å²) in [5.74, 6) is -3.97. The summed E-state index contributed by atoms with van der Waals surface area (Å²) in [5, 5.41) is 41.0. The minimum Gasteiger partial charge on any atom is -0.391 e. The van der Waals surface area contributed by atoms with E-state index >= 15 is 0 Å². The zero-order valence-corrected chi connectivity index (χ0v) is 16.9. The van der Waals surface area contributed by atoms with Crippen LogP contribution in [0, 0.1) is 0 Å². The molecule has 5 atom stereocenters. The molecular formula is C19H38O8. The Bertz CT molecular complexity index is 362. The summed E-state index contributed by atoms with van der Waals surface area (Å²) in [6.07, 6.45) is 2.55. The lowest BCUT2D eigenvalue weighted by Gasteiger charge is -2.51. The van der Waals surface area contributed by atoms with E-state index in [0.717, 1.165) is 44.9 Å². The summed E-state index contributed by atoms with van der Waals surface area (Å²) in [7, 11) is 1.27. The van der Waals surface area contributed by atoms with Crippen molar-refractivity contribution in [3.05, 3.63) is 0 Å². The number of methoxy groups -OCH3 is 1. The number of aliphatic hydroxyl groups is 4. The molecule has 27 heavy (non-hydrogen) atoms. The Morgan fingerprint density at radius 1 is 0.815 bits per heavy atom. The fourth-order valence-electron chi connectivity index (χ4n) is 3.14. The maximum atomic E-state index is 10.4. The van der Waals surface area contributed by atoms with Crippen LogP contribution in [0.3, 0.4) is 0 Å². The number of rotatable bonds is 14. The minimum atomic E-state index is -2.03. The maximum absolute atomic E-state index is 10.4. The second kappa shape index (κ2) is 12.3. The van der Waals surface area contributed by atoms with Crippen molar-refractivity contribution in [2.24, 2.45) is 0 Å². The Labute approximate surface area is 162 Å². The molecule has 0 bridgehead atoms. The average molecular weight is 395 g/mol. The van der Waals surface area contributed by atoms with Gasteiger partial charge in [0.15, 0.2) is 6.10 Å². The third kappa shape index (κ3) is 6.33. The van der Waals surface area contributed by atoms with E-state index in [1.54, 1.807) is 0 Å². The quantitative estimate of drug-likeness (QED) is 0.257. The Kier molecular flexibility index (Phi) is 11.2. The van der Waals surface area contributed by atoms with Crippen LogP contribution in [0.4, 0.5) is 0 Å². The largest absolute Gasteiger partial charge is 0.391 e. The normalized spacial score (nSPS) is 34.1. The van der Waals surface area contributed by atoms with Crippen molar-refractivity contribution in [2.45, 2.75) is 95.3 Å². The summed E-state index contributed by atoms with van der Waals surface area (Å²) >= 11 is 0. The fourth-order valence-corrected chi connectivity index (χ4v) is 3.14. The van der Waals surface area contributed by atoms with E-state index in [2.05, 4.69) is 13.8 Å². The number of unbranched alkanes of at least 4 members (excludes halogenated alkanes) is 6. The van der Waals surface area contributed by atoms with Crippen LogP contribution in [0.1, 0.15) is 65.2 Å². The fraction of sp³-hybridized carbons (Fsp3) is 1.00. The van der Waals surface area contributed by atoms with Crippen molar-refractivity contribution in [1.82, 2.24) is 0 Å². The predicted octanol–water partition coefficient (Wildman–Crippen LogP) is 1.28. The molecule has 1 fully saturated rings. The molecule has 0 aromatic heterocycles. The van der Waals surface area contributed by atoms with Gasteiger partial charge in [0.05, 0.1) is 13.2 Å². The molecule has 0 aliphatic carbocycles. The number of aliphatic hydroxyl groups excluding tert-OH is 4. The van der Waals surface area contributed by atoms with Gasteiger partial charge in [-0.15, -0.1) is 0 Å². The first-order valence-corrected chi connectivity index (χ1v) is 10.1. The lowest BCUT2D eigenvalue weighted by atomic mass is 9.94. The van der Waals surface area contributed by atoms with E-state index in [4.69, 9.17) is 18.9 Å². The van der Waals surface area contributed by atoms with Crippen molar-refractivity contribution in [3.8, 4) is 0 Å². The monoisotopic (exact) mass is 394 g/mol. The Balaban J connectivity index is 2.83. The van der Waals surface area contributed by atoms with Crippen LogP contribution in [-0.2, 0) is 18.9 Å². The van der Waals surface area contributed by atoms with Gasteiger partial charge in [0.2, 0.25) is 5.79 Å². The highest BCUT2D eigenvalue weighted by Crippen LogP contribution is 2.39. The second-order valence-corrected chi connectivity index (χ2v) is 7.08. The minimum absolute atomic E-state index is 0.219. The molecule has 162 valence electrons. The summed E-state index contributed by atoms with van der Waals surface area (Å²) in [4.78, 5) is 0. The van der Waals surface area contributed by atoms with Crippen molar-refractivity contribution >= 4 is 0 Å². The van der Waals surface area contributed by atoms with Gasteiger partial charge in [0.25, 0.3) is 0 Å². The standard InChI is InChI=1S/C19H38O8/c1-4-6-8-10-12-25-18(14-20)16(22)15(21)17(23)19(24-3,27-18)26-13-11-9-7-5-2/h15-17,20-23H,4-14H2,1-3H3/t15-,16-,17+,18?,19+/m1/s1. The van der Waals surface area contributed by atoms with Gasteiger partial charge in [-0.3, -0.25) is 4.74 Å². The van der Waals surface area contributed by atoms with Crippen LogP contribution in [0.25, 0.3) is 0 Å². The highest BCUT2D eigenvalue weighted by atomic mass is 16.9. The summed E-state index contributed by atoms with van der Waals surface area (Å²) < 4.78 is 22.2.